The number of piperazine rings is 1. The molecule has 2 fully saturated rings. The molecule has 122 valence electrons. The van der Waals surface area contributed by atoms with Gasteiger partial charge in [0.2, 0.25) is 5.91 Å². The molecule has 1 saturated heterocycles. The van der Waals surface area contributed by atoms with Crippen LogP contribution in [-0.2, 0) is 9.53 Å². The van der Waals surface area contributed by atoms with Crippen LogP contribution >= 0.6 is 0 Å². The monoisotopic (exact) mass is 297 g/mol. The number of hydrogen-bond acceptors (Lipinski definition) is 4. The van der Waals surface area contributed by atoms with Crippen LogP contribution in [0, 0.1) is 0 Å². The Morgan fingerprint density at radius 3 is 2.52 bits per heavy atom. The third kappa shape index (κ3) is 5.93. The lowest BCUT2D eigenvalue weighted by atomic mass is 9.98. The topological polar surface area (TPSA) is 44.8 Å². The maximum Gasteiger partial charge on any atom is 0.246 e. The lowest BCUT2D eigenvalue weighted by molar-refractivity contribution is -0.128. The highest BCUT2D eigenvalue weighted by molar-refractivity contribution is 5.77. The molecule has 5 heteroatoms. The van der Waals surface area contributed by atoms with Crippen molar-refractivity contribution in [1.82, 2.24) is 15.1 Å². The highest BCUT2D eigenvalue weighted by atomic mass is 16.5. The summed E-state index contributed by atoms with van der Waals surface area (Å²) in [5.74, 6) is 0.0292. The number of ether oxygens (including phenoxy) is 1. The molecule has 0 spiro atoms. The van der Waals surface area contributed by atoms with E-state index in [1.165, 1.54) is 19.3 Å². The van der Waals surface area contributed by atoms with Crippen molar-refractivity contribution in [2.45, 2.75) is 51.2 Å². The Morgan fingerprint density at radius 2 is 1.86 bits per heavy atom. The molecular formula is C16H31N3O2. The number of nitrogens with one attached hydrogen (secondary N) is 1. The van der Waals surface area contributed by atoms with Gasteiger partial charge in [-0.25, -0.2) is 0 Å². The molecule has 5 nitrogen and oxygen atoms in total. The Kier molecular flexibility index (Phi) is 6.93. The van der Waals surface area contributed by atoms with Gasteiger partial charge in [-0.15, -0.1) is 0 Å². The first-order valence-electron chi connectivity index (χ1n) is 8.46. The Morgan fingerprint density at radius 1 is 1.19 bits per heavy atom. The van der Waals surface area contributed by atoms with E-state index in [2.05, 4.69) is 29.1 Å². The number of rotatable bonds is 6. The minimum atomic E-state index is 0.0292. The lowest BCUT2D eigenvalue weighted by Crippen LogP contribution is -2.51. The number of hydrogen-bond donors (Lipinski definition) is 1. The molecule has 1 N–H and O–H groups in total. The normalized spacial score (nSPS) is 23.9. The van der Waals surface area contributed by atoms with E-state index >= 15 is 0 Å². The standard InChI is InChI=1S/C16H31N3O2/c1-14(19-10-8-18(2)9-11-19)12-17-16(20)13-21-15-6-4-3-5-7-15/h14-15H,3-13H2,1-2H3,(H,17,20)/t14-/m1/s1. The molecule has 1 aliphatic carbocycles. The van der Waals surface area contributed by atoms with Gasteiger partial charge in [0.1, 0.15) is 6.61 Å². The van der Waals surface area contributed by atoms with Gasteiger partial charge < -0.3 is 15.0 Å². The second-order valence-corrected chi connectivity index (χ2v) is 6.56. The van der Waals surface area contributed by atoms with Gasteiger partial charge in [0.05, 0.1) is 6.10 Å². The summed E-state index contributed by atoms with van der Waals surface area (Å²) in [7, 11) is 2.16. The number of likely N-dealkylation sites (N-methyl/N-ethyl adjacent to an activating group) is 1. The first-order chi connectivity index (χ1) is 10.1. The van der Waals surface area contributed by atoms with Crippen molar-refractivity contribution in [3.63, 3.8) is 0 Å². The minimum Gasteiger partial charge on any atom is -0.368 e. The van der Waals surface area contributed by atoms with Crippen molar-refractivity contribution < 1.29 is 9.53 Å². The van der Waals surface area contributed by atoms with Crippen LogP contribution in [0.15, 0.2) is 0 Å². The number of amides is 1. The van der Waals surface area contributed by atoms with Crippen molar-refractivity contribution in [1.29, 1.82) is 0 Å². The summed E-state index contributed by atoms with van der Waals surface area (Å²) in [5, 5.41) is 3.01. The van der Waals surface area contributed by atoms with Crippen LogP contribution in [0.3, 0.4) is 0 Å². The van der Waals surface area contributed by atoms with Crippen molar-refractivity contribution in [2.24, 2.45) is 0 Å². The fourth-order valence-corrected chi connectivity index (χ4v) is 3.13. The molecule has 1 aliphatic heterocycles. The smallest absolute Gasteiger partial charge is 0.246 e. The summed E-state index contributed by atoms with van der Waals surface area (Å²) in [4.78, 5) is 16.7. The minimum absolute atomic E-state index is 0.0292. The molecule has 0 radical (unpaired) electrons. The Bertz CT molecular complexity index is 311. The summed E-state index contributed by atoms with van der Waals surface area (Å²) in [6, 6.07) is 0.400. The first kappa shape index (κ1) is 16.7. The second-order valence-electron chi connectivity index (χ2n) is 6.56. The largest absolute Gasteiger partial charge is 0.368 e. The zero-order valence-electron chi connectivity index (χ0n) is 13.6. The average Bonchev–Trinajstić information content (AvgIpc) is 2.52. The maximum absolute atomic E-state index is 11.9. The van der Waals surface area contributed by atoms with E-state index in [-0.39, 0.29) is 12.5 Å². The van der Waals surface area contributed by atoms with Crippen molar-refractivity contribution in [3.8, 4) is 0 Å². The molecule has 21 heavy (non-hydrogen) atoms. The van der Waals surface area contributed by atoms with Crippen LogP contribution in [0.5, 0.6) is 0 Å². The summed E-state index contributed by atoms with van der Waals surface area (Å²) < 4.78 is 5.70. The summed E-state index contributed by atoms with van der Waals surface area (Å²) in [6.07, 6.45) is 6.34. The number of carbonyl (C=O) groups is 1. The number of carbonyl (C=O) groups excluding carboxylic acids is 1. The van der Waals surface area contributed by atoms with Crippen LogP contribution in [-0.4, -0.2) is 74.2 Å². The van der Waals surface area contributed by atoms with E-state index in [1.54, 1.807) is 0 Å². The molecule has 0 aromatic carbocycles. The van der Waals surface area contributed by atoms with Crippen LogP contribution in [0.1, 0.15) is 39.0 Å². The third-order valence-electron chi connectivity index (χ3n) is 4.76. The summed E-state index contributed by atoms with van der Waals surface area (Å²) in [5.41, 5.74) is 0. The maximum atomic E-state index is 11.9. The first-order valence-corrected chi connectivity index (χ1v) is 8.46. The summed E-state index contributed by atoms with van der Waals surface area (Å²) in [6.45, 7) is 7.54. The zero-order valence-corrected chi connectivity index (χ0v) is 13.6. The zero-order chi connectivity index (χ0) is 15.1. The molecule has 1 heterocycles. The van der Waals surface area contributed by atoms with Crippen molar-refractivity contribution in [2.75, 3.05) is 46.4 Å². The van der Waals surface area contributed by atoms with E-state index < -0.39 is 0 Å². The third-order valence-corrected chi connectivity index (χ3v) is 4.76. The molecule has 0 aromatic heterocycles. The van der Waals surface area contributed by atoms with Crippen LogP contribution < -0.4 is 5.32 Å². The molecule has 1 atom stereocenters. The molecule has 1 amide bonds. The van der Waals surface area contributed by atoms with Crippen molar-refractivity contribution >= 4 is 5.91 Å². The van der Waals surface area contributed by atoms with Gasteiger partial charge in [-0.05, 0) is 26.8 Å². The molecular weight excluding hydrogens is 266 g/mol. The van der Waals surface area contributed by atoms with Gasteiger partial charge in [-0.2, -0.15) is 0 Å². The van der Waals surface area contributed by atoms with E-state index in [0.717, 1.165) is 45.6 Å². The number of nitrogens with zero attached hydrogens (tertiary/aromatic N) is 2. The molecule has 1 saturated carbocycles. The highest BCUT2D eigenvalue weighted by Gasteiger charge is 2.20. The van der Waals surface area contributed by atoms with Crippen LogP contribution in [0.25, 0.3) is 0 Å². The average molecular weight is 297 g/mol. The van der Waals surface area contributed by atoms with Gasteiger partial charge in [0.15, 0.2) is 0 Å². The fourth-order valence-electron chi connectivity index (χ4n) is 3.13. The quantitative estimate of drug-likeness (QED) is 0.797. The molecule has 0 aromatic rings. The molecule has 0 bridgehead atoms. The van der Waals surface area contributed by atoms with E-state index in [0.29, 0.717) is 12.1 Å². The van der Waals surface area contributed by atoms with Gasteiger partial charge in [0.25, 0.3) is 0 Å². The van der Waals surface area contributed by atoms with Gasteiger partial charge >= 0.3 is 0 Å². The summed E-state index contributed by atoms with van der Waals surface area (Å²) >= 11 is 0. The Balaban J connectivity index is 1.57. The van der Waals surface area contributed by atoms with E-state index in [9.17, 15) is 4.79 Å². The fraction of sp³-hybridized carbons (Fsp3) is 0.938. The Hall–Kier alpha value is -0.650. The van der Waals surface area contributed by atoms with Gasteiger partial charge in [0, 0.05) is 38.8 Å². The highest BCUT2D eigenvalue weighted by Crippen LogP contribution is 2.19. The molecule has 0 unspecified atom stereocenters. The molecule has 2 aliphatic rings. The lowest BCUT2D eigenvalue weighted by Gasteiger charge is -2.36. The Labute approximate surface area is 129 Å². The molecule has 2 rings (SSSR count). The van der Waals surface area contributed by atoms with Gasteiger partial charge in [-0.3, -0.25) is 9.69 Å². The van der Waals surface area contributed by atoms with E-state index in [4.69, 9.17) is 4.74 Å². The van der Waals surface area contributed by atoms with Crippen molar-refractivity contribution in [3.05, 3.63) is 0 Å². The predicted molar refractivity (Wildman–Crippen MR) is 84.4 cm³/mol. The van der Waals surface area contributed by atoms with Crippen LogP contribution in [0.4, 0.5) is 0 Å². The van der Waals surface area contributed by atoms with E-state index in [1.807, 2.05) is 0 Å². The second kappa shape index (κ2) is 8.71. The van der Waals surface area contributed by atoms with Crippen LogP contribution in [0.2, 0.25) is 0 Å². The van der Waals surface area contributed by atoms with Gasteiger partial charge in [-0.1, -0.05) is 19.3 Å². The SMILES string of the molecule is C[C@H](CNC(=O)COC1CCCCC1)N1CCN(C)CC1. The predicted octanol–water partition coefficient (Wildman–Crippen LogP) is 1.09.